The van der Waals surface area contributed by atoms with Gasteiger partial charge in [0.05, 0.1) is 11.0 Å². The van der Waals surface area contributed by atoms with Gasteiger partial charge in [-0.1, -0.05) is 6.07 Å². The van der Waals surface area contributed by atoms with Crippen molar-refractivity contribution in [2.75, 3.05) is 5.73 Å². The minimum Gasteiger partial charge on any atom is -0.398 e. The summed E-state index contributed by atoms with van der Waals surface area (Å²) in [6.45, 7) is 3.96. The molecule has 2 aromatic heterocycles. The zero-order valence-corrected chi connectivity index (χ0v) is 11.1. The topological polar surface area (TPSA) is 51.8 Å². The van der Waals surface area contributed by atoms with Crippen LogP contribution in [0.15, 0.2) is 30.3 Å². The third-order valence-corrected chi connectivity index (χ3v) is 2.95. The Morgan fingerprint density at radius 2 is 1.50 bits per heavy atom. The number of aromatic nitrogens is 2. The fourth-order valence-corrected chi connectivity index (χ4v) is 2.09. The molecule has 0 spiro atoms. The number of fused-ring (bicyclic) bond motifs is 3. The molecule has 0 aliphatic carbocycles. The Balaban J connectivity index is 0.00000120. The summed E-state index contributed by atoms with van der Waals surface area (Å²) < 4.78 is 0. The van der Waals surface area contributed by atoms with E-state index in [4.69, 9.17) is 5.73 Å². The number of pyridine rings is 2. The van der Waals surface area contributed by atoms with Crippen LogP contribution in [0.25, 0.3) is 21.8 Å². The summed E-state index contributed by atoms with van der Waals surface area (Å²) in [5.41, 5.74) is 10.6. The predicted molar refractivity (Wildman–Crippen MR) is 70.9 cm³/mol. The Hall–Kier alpha value is -1.64. The summed E-state index contributed by atoms with van der Waals surface area (Å²) in [5, 5.41) is 2.01. The van der Waals surface area contributed by atoms with Gasteiger partial charge in [0.2, 0.25) is 0 Å². The predicted octanol–water partition coefficient (Wildman–Crippen LogP) is 2.98. The number of rotatable bonds is 0. The summed E-state index contributed by atoms with van der Waals surface area (Å²) in [4.78, 5) is 9.13. The summed E-state index contributed by atoms with van der Waals surface area (Å²) >= 11 is 0. The van der Waals surface area contributed by atoms with Crippen LogP contribution in [-0.2, 0) is 17.1 Å². The minimum absolute atomic E-state index is 0. The average molecular weight is 287 g/mol. The van der Waals surface area contributed by atoms with E-state index < -0.39 is 0 Å². The number of nitrogens with two attached hydrogens (primary N) is 1. The monoisotopic (exact) mass is 286 g/mol. The summed E-state index contributed by atoms with van der Waals surface area (Å²) in [5.74, 6) is 0. The fraction of sp³-hybridized carbons (Fsp3) is 0.143. The van der Waals surface area contributed by atoms with Crippen LogP contribution in [0.5, 0.6) is 0 Å². The van der Waals surface area contributed by atoms with Crippen molar-refractivity contribution in [3.63, 3.8) is 0 Å². The molecule has 0 atom stereocenters. The van der Waals surface area contributed by atoms with Crippen LogP contribution < -0.4 is 5.73 Å². The van der Waals surface area contributed by atoms with E-state index in [0.717, 1.165) is 38.9 Å². The first kappa shape index (κ1) is 12.8. The molecule has 0 fully saturated rings. The molecule has 0 saturated carbocycles. The number of aryl methyl sites for hydroxylation is 2. The molecular weight excluding hydrogens is 274 g/mol. The van der Waals surface area contributed by atoms with Crippen molar-refractivity contribution in [2.24, 2.45) is 0 Å². The SMILES string of the molecule is Cc1ccc2cc(N)c3ccc(C)nc3c2n1.[Cu+]. The van der Waals surface area contributed by atoms with Gasteiger partial charge < -0.3 is 5.73 Å². The molecule has 2 N–H and O–H groups in total. The van der Waals surface area contributed by atoms with Crippen molar-refractivity contribution in [2.45, 2.75) is 13.8 Å². The van der Waals surface area contributed by atoms with Gasteiger partial charge in [-0.05, 0) is 38.1 Å². The molecule has 0 unspecified atom stereocenters. The first-order chi connectivity index (χ1) is 8.15. The fourth-order valence-electron chi connectivity index (χ4n) is 2.09. The molecule has 1 aromatic carbocycles. The molecule has 0 bridgehead atoms. The molecule has 0 amide bonds. The molecule has 3 rings (SSSR count). The van der Waals surface area contributed by atoms with E-state index in [1.807, 2.05) is 44.2 Å². The van der Waals surface area contributed by atoms with Crippen molar-refractivity contribution < 1.29 is 17.1 Å². The summed E-state index contributed by atoms with van der Waals surface area (Å²) in [6.07, 6.45) is 0. The van der Waals surface area contributed by atoms with Crippen molar-refractivity contribution in [1.82, 2.24) is 9.97 Å². The molecule has 18 heavy (non-hydrogen) atoms. The number of hydrogen-bond acceptors (Lipinski definition) is 3. The van der Waals surface area contributed by atoms with Gasteiger partial charge in [-0.25, -0.2) is 0 Å². The van der Waals surface area contributed by atoms with E-state index in [9.17, 15) is 0 Å². The Bertz CT molecular complexity index is 738. The number of hydrogen-bond donors (Lipinski definition) is 1. The van der Waals surface area contributed by atoms with Crippen molar-refractivity contribution in [3.05, 3.63) is 41.7 Å². The third kappa shape index (κ3) is 1.94. The normalized spacial score (nSPS) is 10.6. The van der Waals surface area contributed by atoms with Gasteiger partial charge in [0.15, 0.2) is 0 Å². The zero-order chi connectivity index (χ0) is 12.0. The quantitative estimate of drug-likeness (QED) is 0.393. The van der Waals surface area contributed by atoms with Gasteiger partial charge in [0, 0.05) is 27.8 Å². The largest absolute Gasteiger partial charge is 1.00 e. The van der Waals surface area contributed by atoms with E-state index >= 15 is 0 Å². The Morgan fingerprint density at radius 1 is 0.889 bits per heavy atom. The Kier molecular flexibility index (Phi) is 3.24. The van der Waals surface area contributed by atoms with E-state index in [1.54, 1.807) is 0 Å². The van der Waals surface area contributed by atoms with E-state index in [0.29, 0.717) is 0 Å². The van der Waals surface area contributed by atoms with Gasteiger partial charge in [0.25, 0.3) is 0 Å². The molecular formula is C14H13CuN3+. The van der Waals surface area contributed by atoms with Gasteiger partial charge in [-0.15, -0.1) is 0 Å². The summed E-state index contributed by atoms with van der Waals surface area (Å²) in [7, 11) is 0. The molecule has 0 aliphatic rings. The van der Waals surface area contributed by atoms with E-state index in [-0.39, 0.29) is 17.1 Å². The van der Waals surface area contributed by atoms with Gasteiger partial charge in [-0.2, -0.15) is 0 Å². The molecule has 3 nitrogen and oxygen atoms in total. The van der Waals surface area contributed by atoms with Crippen LogP contribution in [-0.4, -0.2) is 9.97 Å². The molecule has 4 heteroatoms. The van der Waals surface area contributed by atoms with Gasteiger partial charge >= 0.3 is 17.1 Å². The van der Waals surface area contributed by atoms with Crippen LogP contribution in [0.4, 0.5) is 5.69 Å². The second-order valence-electron chi connectivity index (χ2n) is 4.34. The average Bonchev–Trinajstić information content (AvgIpc) is 2.30. The van der Waals surface area contributed by atoms with Crippen LogP contribution in [0.3, 0.4) is 0 Å². The maximum absolute atomic E-state index is 6.04. The van der Waals surface area contributed by atoms with Crippen LogP contribution in [0.1, 0.15) is 11.4 Å². The zero-order valence-electron chi connectivity index (χ0n) is 10.2. The van der Waals surface area contributed by atoms with E-state index in [1.165, 1.54) is 0 Å². The van der Waals surface area contributed by atoms with Crippen molar-refractivity contribution in [1.29, 1.82) is 0 Å². The maximum Gasteiger partial charge on any atom is 1.00 e. The number of benzene rings is 1. The molecule has 2 heterocycles. The second kappa shape index (κ2) is 4.56. The molecule has 94 valence electrons. The van der Waals surface area contributed by atoms with Gasteiger partial charge in [-0.3, -0.25) is 9.97 Å². The van der Waals surface area contributed by atoms with E-state index in [2.05, 4.69) is 9.97 Å². The first-order valence-corrected chi connectivity index (χ1v) is 5.58. The number of nitrogen functional groups attached to an aromatic ring is 1. The summed E-state index contributed by atoms with van der Waals surface area (Å²) in [6, 6.07) is 9.97. The molecule has 0 radical (unpaired) electrons. The Labute approximate surface area is 116 Å². The second-order valence-corrected chi connectivity index (χ2v) is 4.34. The van der Waals surface area contributed by atoms with Crippen molar-refractivity contribution in [3.8, 4) is 0 Å². The smallest absolute Gasteiger partial charge is 0.398 e. The first-order valence-electron chi connectivity index (χ1n) is 5.58. The Morgan fingerprint density at radius 3 is 2.22 bits per heavy atom. The third-order valence-electron chi connectivity index (χ3n) is 2.95. The number of nitrogens with zero attached hydrogens (tertiary/aromatic N) is 2. The van der Waals surface area contributed by atoms with Crippen LogP contribution >= 0.6 is 0 Å². The molecule has 3 aromatic rings. The van der Waals surface area contributed by atoms with Crippen molar-refractivity contribution >= 4 is 27.5 Å². The van der Waals surface area contributed by atoms with Crippen LogP contribution in [0.2, 0.25) is 0 Å². The molecule has 0 aliphatic heterocycles. The molecule has 0 saturated heterocycles. The van der Waals surface area contributed by atoms with Gasteiger partial charge in [0.1, 0.15) is 0 Å². The minimum atomic E-state index is 0. The maximum atomic E-state index is 6.04. The number of anilines is 1. The van der Waals surface area contributed by atoms with Crippen LogP contribution in [0, 0.1) is 13.8 Å². The standard InChI is InChI=1S/C14H13N3.Cu/c1-8-3-5-10-7-12(15)11-6-4-9(2)17-14(11)13(10)16-8;/h3-7H,15H2,1-2H3;/q;+1.